The molecule has 0 unspecified atom stereocenters. The molecule has 92 valence electrons. The molecule has 0 saturated carbocycles. The van der Waals surface area contributed by atoms with Gasteiger partial charge in [-0.15, -0.1) is 0 Å². The Bertz CT molecular complexity index is 562. The summed E-state index contributed by atoms with van der Waals surface area (Å²) in [4.78, 5) is 12.2. The van der Waals surface area contributed by atoms with E-state index in [-0.39, 0.29) is 17.3 Å². The lowest BCUT2D eigenvalue weighted by Crippen LogP contribution is -2.01. The summed E-state index contributed by atoms with van der Waals surface area (Å²) in [6.07, 6.45) is 0. The predicted molar refractivity (Wildman–Crippen MR) is 69.1 cm³/mol. The fourth-order valence-electron chi connectivity index (χ4n) is 1.71. The van der Waals surface area contributed by atoms with E-state index >= 15 is 0 Å². The van der Waals surface area contributed by atoms with Crippen molar-refractivity contribution in [1.29, 1.82) is 0 Å². The molecule has 18 heavy (non-hydrogen) atoms. The molecule has 2 rings (SSSR count). The lowest BCUT2D eigenvalue weighted by atomic mass is 9.99. The molecule has 0 atom stereocenters. The zero-order valence-corrected chi connectivity index (χ0v) is 10.3. The van der Waals surface area contributed by atoms with Gasteiger partial charge in [-0.2, -0.15) is 0 Å². The number of phenols is 2. The van der Waals surface area contributed by atoms with E-state index in [1.165, 1.54) is 18.2 Å². The van der Waals surface area contributed by atoms with Crippen LogP contribution in [0.4, 0.5) is 0 Å². The smallest absolute Gasteiger partial charge is 0.193 e. The topological polar surface area (TPSA) is 57.5 Å². The fraction of sp³-hybridized carbons (Fsp3) is 0.133. The predicted octanol–water partition coefficient (Wildman–Crippen LogP) is 2.95. The van der Waals surface area contributed by atoms with Gasteiger partial charge in [0.15, 0.2) is 17.3 Å². The summed E-state index contributed by atoms with van der Waals surface area (Å²) in [7, 11) is 0. The van der Waals surface area contributed by atoms with Gasteiger partial charge in [0.05, 0.1) is 0 Å². The molecule has 2 N–H and O–H groups in total. The van der Waals surface area contributed by atoms with Crippen LogP contribution in [0.2, 0.25) is 0 Å². The Labute approximate surface area is 105 Å². The number of phenolic OH excluding ortho intramolecular Hbond substituents is 2. The number of ketones is 1. The van der Waals surface area contributed by atoms with Gasteiger partial charge in [0.1, 0.15) is 0 Å². The summed E-state index contributed by atoms with van der Waals surface area (Å²) < 4.78 is 0. The molecule has 0 amide bonds. The highest BCUT2D eigenvalue weighted by molar-refractivity contribution is 6.09. The van der Waals surface area contributed by atoms with Crippen molar-refractivity contribution in [2.24, 2.45) is 0 Å². The Balaban J connectivity index is 2.41. The molecule has 0 bridgehead atoms. The molecule has 0 fully saturated rings. The zero-order valence-electron chi connectivity index (χ0n) is 10.3. The van der Waals surface area contributed by atoms with Crippen LogP contribution in [0, 0.1) is 13.8 Å². The van der Waals surface area contributed by atoms with E-state index in [2.05, 4.69) is 0 Å². The first-order valence-electron chi connectivity index (χ1n) is 5.63. The first-order chi connectivity index (χ1) is 8.49. The summed E-state index contributed by atoms with van der Waals surface area (Å²) in [6, 6.07) is 9.54. The van der Waals surface area contributed by atoms with Crippen LogP contribution < -0.4 is 0 Å². The maximum atomic E-state index is 12.2. The summed E-state index contributed by atoms with van der Waals surface area (Å²) >= 11 is 0. The number of rotatable bonds is 2. The molecular formula is C15H14O3. The molecule has 0 spiro atoms. The van der Waals surface area contributed by atoms with Crippen LogP contribution in [0.1, 0.15) is 27.0 Å². The van der Waals surface area contributed by atoms with Crippen molar-refractivity contribution < 1.29 is 15.0 Å². The van der Waals surface area contributed by atoms with Gasteiger partial charge in [-0.3, -0.25) is 4.79 Å². The van der Waals surface area contributed by atoms with Crippen molar-refractivity contribution in [1.82, 2.24) is 0 Å². The molecular weight excluding hydrogens is 228 g/mol. The van der Waals surface area contributed by atoms with E-state index in [0.717, 1.165) is 11.1 Å². The maximum absolute atomic E-state index is 12.2. The van der Waals surface area contributed by atoms with Crippen molar-refractivity contribution in [2.45, 2.75) is 13.8 Å². The van der Waals surface area contributed by atoms with E-state index < -0.39 is 0 Å². The SMILES string of the molecule is Cc1ccc(C(=O)c2ccc(O)c(O)c2)cc1C. The number of hydrogen-bond donors (Lipinski definition) is 2. The Morgan fingerprint density at radius 2 is 1.44 bits per heavy atom. The van der Waals surface area contributed by atoms with Crippen LogP contribution in [-0.4, -0.2) is 16.0 Å². The highest BCUT2D eigenvalue weighted by atomic mass is 16.3. The number of carbonyl (C=O) groups excluding carboxylic acids is 1. The lowest BCUT2D eigenvalue weighted by Gasteiger charge is -2.06. The molecule has 2 aromatic rings. The molecule has 0 aliphatic heterocycles. The van der Waals surface area contributed by atoms with Gasteiger partial charge >= 0.3 is 0 Å². The third-order valence-electron chi connectivity index (χ3n) is 3.01. The number of aromatic hydroxyl groups is 2. The average Bonchev–Trinajstić information content (AvgIpc) is 2.35. The van der Waals surface area contributed by atoms with Gasteiger partial charge in [-0.05, 0) is 49.2 Å². The summed E-state index contributed by atoms with van der Waals surface area (Å²) in [5.41, 5.74) is 3.10. The molecule has 3 heteroatoms. The minimum absolute atomic E-state index is 0.173. The van der Waals surface area contributed by atoms with Crippen molar-refractivity contribution in [3.8, 4) is 11.5 Å². The minimum Gasteiger partial charge on any atom is -0.504 e. The molecule has 0 radical (unpaired) electrons. The maximum Gasteiger partial charge on any atom is 0.193 e. The third kappa shape index (κ3) is 2.20. The molecule has 0 heterocycles. The van der Waals surface area contributed by atoms with Crippen LogP contribution in [0.3, 0.4) is 0 Å². The number of benzene rings is 2. The number of carbonyl (C=O) groups is 1. The van der Waals surface area contributed by atoms with E-state index in [9.17, 15) is 15.0 Å². The Morgan fingerprint density at radius 1 is 0.833 bits per heavy atom. The summed E-state index contributed by atoms with van der Waals surface area (Å²) in [5.74, 6) is -0.690. The van der Waals surface area contributed by atoms with Crippen molar-refractivity contribution in [3.63, 3.8) is 0 Å². The normalized spacial score (nSPS) is 10.3. The minimum atomic E-state index is -0.287. The quantitative estimate of drug-likeness (QED) is 0.628. The number of aryl methyl sites for hydroxylation is 2. The van der Waals surface area contributed by atoms with Gasteiger partial charge in [-0.1, -0.05) is 12.1 Å². The van der Waals surface area contributed by atoms with Gasteiger partial charge in [0.25, 0.3) is 0 Å². The second-order valence-electron chi connectivity index (χ2n) is 4.33. The third-order valence-corrected chi connectivity index (χ3v) is 3.01. The molecule has 3 nitrogen and oxygen atoms in total. The zero-order chi connectivity index (χ0) is 13.3. The van der Waals surface area contributed by atoms with Crippen LogP contribution in [0.15, 0.2) is 36.4 Å². The first kappa shape index (κ1) is 12.2. The molecule has 0 aromatic heterocycles. The van der Waals surface area contributed by atoms with E-state index in [1.807, 2.05) is 26.0 Å². The molecule has 0 saturated heterocycles. The molecule has 0 aliphatic carbocycles. The monoisotopic (exact) mass is 242 g/mol. The first-order valence-corrected chi connectivity index (χ1v) is 5.63. The van der Waals surface area contributed by atoms with Crippen LogP contribution >= 0.6 is 0 Å². The second kappa shape index (κ2) is 4.53. The number of hydrogen-bond acceptors (Lipinski definition) is 3. The average molecular weight is 242 g/mol. The highest BCUT2D eigenvalue weighted by Gasteiger charge is 2.11. The standard InChI is InChI=1S/C15H14O3/c1-9-3-4-11(7-10(9)2)15(18)12-5-6-13(16)14(17)8-12/h3-8,16-17H,1-2H3. The second-order valence-corrected chi connectivity index (χ2v) is 4.33. The van der Waals surface area contributed by atoms with Gasteiger partial charge < -0.3 is 10.2 Å². The molecule has 0 aliphatic rings. The van der Waals surface area contributed by atoms with Crippen LogP contribution in [-0.2, 0) is 0 Å². The van der Waals surface area contributed by atoms with Gasteiger partial charge in [0, 0.05) is 11.1 Å². The fourth-order valence-corrected chi connectivity index (χ4v) is 1.71. The van der Waals surface area contributed by atoms with E-state index in [1.54, 1.807) is 6.07 Å². The molecule has 2 aromatic carbocycles. The highest BCUT2D eigenvalue weighted by Crippen LogP contribution is 2.26. The van der Waals surface area contributed by atoms with Gasteiger partial charge in [-0.25, -0.2) is 0 Å². The Hall–Kier alpha value is -2.29. The van der Waals surface area contributed by atoms with Crippen molar-refractivity contribution >= 4 is 5.78 Å². The Kier molecular flexibility index (Phi) is 3.06. The van der Waals surface area contributed by atoms with E-state index in [0.29, 0.717) is 11.1 Å². The largest absolute Gasteiger partial charge is 0.504 e. The van der Waals surface area contributed by atoms with Crippen molar-refractivity contribution in [3.05, 3.63) is 58.7 Å². The Morgan fingerprint density at radius 3 is 2.06 bits per heavy atom. The summed E-state index contributed by atoms with van der Waals surface area (Å²) in [5, 5.41) is 18.6. The van der Waals surface area contributed by atoms with Crippen molar-refractivity contribution in [2.75, 3.05) is 0 Å². The van der Waals surface area contributed by atoms with Crippen LogP contribution in [0.5, 0.6) is 11.5 Å². The lowest BCUT2D eigenvalue weighted by molar-refractivity contribution is 0.103. The van der Waals surface area contributed by atoms with E-state index in [4.69, 9.17) is 0 Å². The van der Waals surface area contributed by atoms with Crippen LogP contribution in [0.25, 0.3) is 0 Å². The summed E-state index contributed by atoms with van der Waals surface area (Å²) in [6.45, 7) is 3.93. The van der Waals surface area contributed by atoms with Gasteiger partial charge in [0.2, 0.25) is 0 Å².